The van der Waals surface area contributed by atoms with Crippen LogP contribution in [0.4, 0.5) is 9.18 Å². The monoisotopic (exact) mass is 548 g/mol. The van der Waals surface area contributed by atoms with Crippen LogP contribution >= 0.6 is 0 Å². The number of unbranched alkanes of at least 4 members (excludes halogenated alkanes) is 1. The topological polar surface area (TPSA) is 137 Å². The smallest absolute Gasteiger partial charge is 0.315 e. The van der Waals surface area contributed by atoms with Crippen LogP contribution in [0, 0.1) is 5.82 Å². The molecule has 0 saturated carbocycles. The van der Waals surface area contributed by atoms with Crippen molar-refractivity contribution >= 4 is 23.8 Å². The van der Waals surface area contributed by atoms with E-state index in [0.717, 1.165) is 16.7 Å². The van der Waals surface area contributed by atoms with E-state index in [1.807, 2.05) is 42.5 Å². The lowest BCUT2D eigenvalue weighted by Gasteiger charge is -2.18. The Kier molecular flexibility index (Phi) is 11.6. The quantitative estimate of drug-likeness (QED) is 0.195. The van der Waals surface area contributed by atoms with Crippen LogP contribution in [0.3, 0.4) is 0 Å². The van der Waals surface area contributed by atoms with Crippen LogP contribution in [0.25, 0.3) is 11.1 Å². The number of carboxylic acid groups (broad SMARTS) is 1. The fraction of sp³-hybridized carbons (Fsp3) is 0.267. The van der Waals surface area contributed by atoms with Gasteiger partial charge in [-0.05, 0) is 47.2 Å². The SMILES string of the molecule is O=C(O)CC(NC(=O)CNC(=O)CCCCNC(=O)NCc1ccc(F)cc1)c1ccc(-c2ccccc2)cc1. The molecule has 3 aromatic carbocycles. The van der Waals surface area contributed by atoms with E-state index >= 15 is 0 Å². The number of carbonyl (C=O) groups excluding carboxylic acids is 3. The average molecular weight is 549 g/mol. The largest absolute Gasteiger partial charge is 0.481 e. The standard InChI is InChI=1S/C30H33FN4O5/c31-25-15-9-21(10-16-25)19-34-30(40)32-17-5-4-8-27(36)33-20-28(37)35-26(18-29(38)39)24-13-11-23(12-14-24)22-6-2-1-3-7-22/h1-3,6-7,9-16,26H,4-5,8,17-20H2,(H,33,36)(H,35,37)(H,38,39)(H2,32,34,40). The maximum Gasteiger partial charge on any atom is 0.315 e. The fourth-order valence-corrected chi connectivity index (χ4v) is 3.94. The van der Waals surface area contributed by atoms with Gasteiger partial charge >= 0.3 is 12.0 Å². The second-order valence-corrected chi connectivity index (χ2v) is 9.18. The predicted molar refractivity (Wildman–Crippen MR) is 149 cm³/mol. The van der Waals surface area contributed by atoms with Crippen LogP contribution in [-0.2, 0) is 20.9 Å². The zero-order valence-corrected chi connectivity index (χ0v) is 22.0. The average Bonchev–Trinajstić information content (AvgIpc) is 2.95. The van der Waals surface area contributed by atoms with E-state index in [9.17, 15) is 28.7 Å². The number of halogens is 1. The molecule has 0 fully saturated rings. The normalized spacial score (nSPS) is 11.2. The lowest BCUT2D eigenvalue weighted by Crippen LogP contribution is -2.39. The summed E-state index contributed by atoms with van der Waals surface area (Å²) >= 11 is 0. The molecule has 1 unspecified atom stereocenters. The van der Waals surface area contributed by atoms with Crippen LogP contribution in [0.1, 0.15) is 42.9 Å². The minimum Gasteiger partial charge on any atom is -0.481 e. The summed E-state index contributed by atoms with van der Waals surface area (Å²) in [6, 6.07) is 21.8. The van der Waals surface area contributed by atoms with E-state index in [1.165, 1.54) is 12.1 Å². The van der Waals surface area contributed by atoms with Crippen molar-refractivity contribution < 1.29 is 28.7 Å². The predicted octanol–water partition coefficient (Wildman–Crippen LogP) is 3.91. The molecule has 0 aliphatic heterocycles. The maximum atomic E-state index is 12.9. The molecule has 0 bridgehead atoms. The summed E-state index contributed by atoms with van der Waals surface area (Å²) in [5.41, 5.74) is 3.41. The molecule has 210 valence electrons. The van der Waals surface area contributed by atoms with Crippen LogP contribution in [0.2, 0.25) is 0 Å². The third kappa shape index (κ3) is 10.6. The summed E-state index contributed by atoms with van der Waals surface area (Å²) in [5, 5.41) is 19.9. The van der Waals surface area contributed by atoms with E-state index in [0.29, 0.717) is 24.9 Å². The van der Waals surface area contributed by atoms with Crippen LogP contribution in [-0.4, -0.2) is 42.0 Å². The van der Waals surface area contributed by atoms with Gasteiger partial charge in [0.05, 0.1) is 19.0 Å². The first-order valence-corrected chi connectivity index (χ1v) is 13.0. The summed E-state index contributed by atoms with van der Waals surface area (Å²) in [6.07, 6.45) is 0.935. The fourth-order valence-electron chi connectivity index (χ4n) is 3.94. The van der Waals surface area contributed by atoms with Gasteiger partial charge in [-0.1, -0.05) is 66.7 Å². The van der Waals surface area contributed by atoms with Gasteiger partial charge in [0.1, 0.15) is 5.82 Å². The summed E-state index contributed by atoms with van der Waals surface area (Å²) in [4.78, 5) is 47.8. The number of aliphatic carboxylic acids is 1. The Morgan fingerprint density at radius 3 is 2.10 bits per heavy atom. The number of amides is 4. The highest BCUT2D eigenvalue weighted by Crippen LogP contribution is 2.23. The molecule has 0 heterocycles. The molecule has 0 saturated heterocycles. The first-order valence-electron chi connectivity index (χ1n) is 13.0. The maximum absolute atomic E-state index is 12.9. The van der Waals surface area contributed by atoms with E-state index in [1.54, 1.807) is 24.3 Å². The first-order chi connectivity index (χ1) is 19.3. The Morgan fingerprint density at radius 1 is 0.750 bits per heavy atom. The van der Waals surface area contributed by atoms with Crippen molar-refractivity contribution in [1.82, 2.24) is 21.3 Å². The van der Waals surface area contributed by atoms with Crippen molar-refractivity contribution in [1.29, 1.82) is 0 Å². The lowest BCUT2D eigenvalue weighted by molar-refractivity contribution is -0.138. The highest BCUT2D eigenvalue weighted by Gasteiger charge is 2.18. The molecule has 5 N–H and O–H groups in total. The Bertz CT molecular complexity index is 1270. The first kappa shape index (κ1) is 29.8. The molecule has 0 aliphatic rings. The van der Waals surface area contributed by atoms with Crippen molar-refractivity contribution in [2.45, 2.75) is 38.3 Å². The molecule has 4 amide bonds. The van der Waals surface area contributed by atoms with E-state index in [2.05, 4.69) is 21.3 Å². The van der Waals surface area contributed by atoms with Crippen molar-refractivity contribution in [2.24, 2.45) is 0 Å². The molecule has 0 radical (unpaired) electrons. The van der Waals surface area contributed by atoms with Gasteiger partial charge in [-0.3, -0.25) is 14.4 Å². The zero-order valence-electron chi connectivity index (χ0n) is 22.0. The number of rotatable bonds is 14. The lowest BCUT2D eigenvalue weighted by atomic mass is 9.99. The molecule has 10 heteroatoms. The highest BCUT2D eigenvalue weighted by atomic mass is 19.1. The Balaban J connectivity index is 1.34. The highest BCUT2D eigenvalue weighted by molar-refractivity contribution is 5.85. The second kappa shape index (κ2) is 15.6. The van der Waals surface area contributed by atoms with Gasteiger partial charge in [0.15, 0.2) is 0 Å². The van der Waals surface area contributed by atoms with Crippen molar-refractivity contribution in [3.8, 4) is 11.1 Å². The van der Waals surface area contributed by atoms with E-state index in [4.69, 9.17) is 0 Å². The third-order valence-corrected chi connectivity index (χ3v) is 6.06. The number of benzene rings is 3. The molecule has 9 nitrogen and oxygen atoms in total. The van der Waals surface area contributed by atoms with Gasteiger partial charge < -0.3 is 26.4 Å². The number of hydrogen-bond donors (Lipinski definition) is 5. The minimum atomic E-state index is -1.06. The Morgan fingerprint density at radius 2 is 1.43 bits per heavy atom. The van der Waals surface area contributed by atoms with E-state index < -0.39 is 17.9 Å². The molecule has 1 atom stereocenters. The number of hydrogen-bond acceptors (Lipinski definition) is 4. The third-order valence-electron chi connectivity index (χ3n) is 6.06. The number of carboxylic acids is 1. The minimum absolute atomic E-state index is 0.172. The molecule has 0 spiro atoms. The summed E-state index contributed by atoms with van der Waals surface area (Å²) < 4.78 is 12.9. The molecule has 0 aliphatic carbocycles. The van der Waals surface area contributed by atoms with Gasteiger partial charge in [-0.2, -0.15) is 0 Å². The van der Waals surface area contributed by atoms with Crippen LogP contribution in [0.15, 0.2) is 78.9 Å². The summed E-state index contributed by atoms with van der Waals surface area (Å²) in [6.45, 7) is 0.354. The van der Waals surface area contributed by atoms with Crippen molar-refractivity contribution in [3.05, 3.63) is 95.8 Å². The molecular formula is C30H33FN4O5. The second-order valence-electron chi connectivity index (χ2n) is 9.18. The van der Waals surface area contributed by atoms with Crippen LogP contribution < -0.4 is 21.3 Å². The molecule has 40 heavy (non-hydrogen) atoms. The van der Waals surface area contributed by atoms with Gasteiger partial charge in [-0.15, -0.1) is 0 Å². The van der Waals surface area contributed by atoms with Gasteiger partial charge in [0, 0.05) is 19.5 Å². The molecule has 3 rings (SSSR count). The van der Waals surface area contributed by atoms with Gasteiger partial charge in [0.2, 0.25) is 11.8 Å². The number of urea groups is 1. The number of nitrogens with one attached hydrogen (secondary N) is 4. The van der Waals surface area contributed by atoms with Gasteiger partial charge in [-0.25, -0.2) is 9.18 Å². The van der Waals surface area contributed by atoms with Crippen molar-refractivity contribution in [3.63, 3.8) is 0 Å². The van der Waals surface area contributed by atoms with Crippen LogP contribution in [0.5, 0.6) is 0 Å². The zero-order chi connectivity index (χ0) is 28.7. The van der Waals surface area contributed by atoms with Gasteiger partial charge in [0.25, 0.3) is 0 Å². The Labute approximate surface area is 232 Å². The summed E-state index contributed by atoms with van der Waals surface area (Å²) in [5.74, 6) is -2.21. The Hall–Kier alpha value is -4.73. The number of carbonyl (C=O) groups is 4. The van der Waals surface area contributed by atoms with Crippen molar-refractivity contribution in [2.75, 3.05) is 13.1 Å². The molecular weight excluding hydrogens is 515 g/mol. The van der Waals surface area contributed by atoms with E-state index in [-0.39, 0.29) is 43.7 Å². The molecule has 3 aromatic rings. The molecule has 0 aromatic heterocycles. The summed E-state index contributed by atoms with van der Waals surface area (Å²) in [7, 11) is 0.